The quantitative estimate of drug-likeness (QED) is 0.755. The first-order valence-corrected chi connectivity index (χ1v) is 5.43. The minimum atomic E-state index is 0.699. The van der Waals surface area contributed by atoms with Gasteiger partial charge < -0.3 is 5.73 Å². The first kappa shape index (κ1) is 10.4. The lowest BCUT2D eigenvalue weighted by molar-refractivity contribution is 0.749. The molecule has 0 unspecified atom stereocenters. The fourth-order valence-corrected chi connectivity index (χ4v) is 1.76. The number of anilines is 1. The lowest BCUT2D eigenvalue weighted by atomic mass is 10.3. The molecular weight excluding hydrogens is 180 g/mol. The second-order valence-electron chi connectivity index (χ2n) is 3.58. The Labute approximate surface area is 83.9 Å². The van der Waals surface area contributed by atoms with E-state index in [-0.39, 0.29) is 0 Å². The molecule has 2 N–H and O–H groups in total. The van der Waals surface area contributed by atoms with Crippen molar-refractivity contribution in [3.63, 3.8) is 0 Å². The summed E-state index contributed by atoms with van der Waals surface area (Å²) < 4.78 is 0. The Morgan fingerprint density at radius 3 is 2.77 bits per heavy atom. The highest BCUT2D eigenvalue weighted by Gasteiger charge is 2.00. The van der Waals surface area contributed by atoms with Gasteiger partial charge in [0.25, 0.3) is 0 Å². The lowest BCUT2D eigenvalue weighted by Crippen LogP contribution is -1.94. The Hall–Kier alpha value is -0.700. The van der Waals surface area contributed by atoms with Crippen LogP contribution in [-0.2, 0) is 0 Å². The number of aryl methyl sites for hydroxylation is 1. The second-order valence-corrected chi connectivity index (χ2v) is 4.62. The number of thioether (sulfide) groups is 1. The van der Waals surface area contributed by atoms with E-state index in [1.54, 1.807) is 18.0 Å². The first-order valence-electron chi connectivity index (χ1n) is 4.44. The Kier molecular flexibility index (Phi) is 3.60. The van der Waals surface area contributed by atoms with Gasteiger partial charge in [0.2, 0.25) is 0 Å². The van der Waals surface area contributed by atoms with E-state index in [1.807, 2.05) is 13.0 Å². The molecule has 0 aliphatic rings. The van der Waals surface area contributed by atoms with Gasteiger partial charge in [0.1, 0.15) is 0 Å². The number of nitrogens with zero attached hydrogens (tertiary/aromatic N) is 1. The summed E-state index contributed by atoms with van der Waals surface area (Å²) in [5.74, 6) is 1.81. The summed E-state index contributed by atoms with van der Waals surface area (Å²) >= 11 is 1.78. The SMILES string of the molecule is Cc1cc(SCC(C)C)ncc1N. The Morgan fingerprint density at radius 2 is 2.23 bits per heavy atom. The third-order valence-corrected chi connectivity index (χ3v) is 3.04. The van der Waals surface area contributed by atoms with E-state index >= 15 is 0 Å². The number of pyridine rings is 1. The van der Waals surface area contributed by atoms with Crippen LogP contribution in [0.2, 0.25) is 0 Å². The fraction of sp³-hybridized carbons (Fsp3) is 0.500. The van der Waals surface area contributed by atoms with Crippen LogP contribution in [0.4, 0.5) is 5.69 Å². The van der Waals surface area contributed by atoms with Crippen LogP contribution in [0.1, 0.15) is 19.4 Å². The van der Waals surface area contributed by atoms with Crippen LogP contribution in [0.5, 0.6) is 0 Å². The summed E-state index contributed by atoms with van der Waals surface area (Å²) in [6.07, 6.45) is 1.73. The molecule has 72 valence electrons. The standard InChI is InChI=1S/C10H16N2S/c1-7(2)6-13-10-4-8(3)9(11)5-12-10/h4-5,7H,6,11H2,1-3H3. The van der Waals surface area contributed by atoms with Gasteiger partial charge in [-0.3, -0.25) is 0 Å². The normalized spacial score (nSPS) is 10.8. The smallest absolute Gasteiger partial charge is 0.0964 e. The van der Waals surface area contributed by atoms with Crippen molar-refractivity contribution in [2.75, 3.05) is 11.5 Å². The predicted molar refractivity (Wildman–Crippen MR) is 58.9 cm³/mol. The summed E-state index contributed by atoms with van der Waals surface area (Å²) in [6, 6.07) is 2.04. The van der Waals surface area contributed by atoms with Gasteiger partial charge in [0.05, 0.1) is 16.9 Å². The summed E-state index contributed by atoms with van der Waals surface area (Å²) in [5.41, 5.74) is 7.56. The molecule has 0 saturated heterocycles. The number of rotatable bonds is 3. The highest BCUT2D eigenvalue weighted by Crippen LogP contribution is 2.21. The van der Waals surface area contributed by atoms with Crippen molar-refractivity contribution in [2.45, 2.75) is 25.8 Å². The van der Waals surface area contributed by atoms with Crippen molar-refractivity contribution in [3.8, 4) is 0 Å². The molecule has 1 aromatic heterocycles. The molecular formula is C10H16N2S. The molecule has 0 aliphatic heterocycles. The maximum Gasteiger partial charge on any atom is 0.0964 e. The van der Waals surface area contributed by atoms with E-state index in [0.29, 0.717) is 5.92 Å². The minimum Gasteiger partial charge on any atom is -0.397 e. The lowest BCUT2D eigenvalue weighted by Gasteiger charge is -2.05. The third-order valence-electron chi connectivity index (χ3n) is 1.69. The van der Waals surface area contributed by atoms with Crippen LogP contribution in [0, 0.1) is 12.8 Å². The zero-order valence-electron chi connectivity index (χ0n) is 8.37. The summed E-state index contributed by atoms with van der Waals surface area (Å²) in [7, 11) is 0. The van der Waals surface area contributed by atoms with Crippen molar-refractivity contribution in [3.05, 3.63) is 17.8 Å². The average Bonchev–Trinajstić information content (AvgIpc) is 2.07. The molecule has 0 bridgehead atoms. The van der Waals surface area contributed by atoms with Crippen LogP contribution in [0.15, 0.2) is 17.3 Å². The number of hydrogen-bond donors (Lipinski definition) is 1. The number of nitrogen functional groups attached to an aromatic ring is 1. The predicted octanol–water partition coefficient (Wildman–Crippen LogP) is 2.72. The zero-order valence-corrected chi connectivity index (χ0v) is 9.19. The molecule has 3 heteroatoms. The average molecular weight is 196 g/mol. The van der Waals surface area contributed by atoms with Crippen molar-refractivity contribution < 1.29 is 0 Å². The van der Waals surface area contributed by atoms with Crippen molar-refractivity contribution in [2.24, 2.45) is 5.92 Å². The van der Waals surface area contributed by atoms with Crippen LogP contribution in [0.3, 0.4) is 0 Å². The van der Waals surface area contributed by atoms with E-state index in [9.17, 15) is 0 Å². The number of nitrogens with two attached hydrogens (primary N) is 1. The van der Waals surface area contributed by atoms with E-state index < -0.39 is 0 Å². The van der Waals surface area contributed by atoms with E-state index in [0.717, 1.165) is 22.0 Å². The van der Waals surface area contributed by atoms with Gasteiger partial charge in [0, 0.05) is 5.75 Å². The Bertz CT molecular complexity index is 284. The molecule has 1 heterocycles. The minimum absolute atomic E-state index is 0.699. The molecule has 1 aromatic rings. The number of hydrogen-bond acceptors (Lipinski definition) is 3. The fourth-order valence-electron chi connectivity index (χ4n) is 0.872. The molecule has 0 spiro atoms. The Morgan fingerprint density at radius 1 is 1.54 bits per heavy atom. The highest BCUT2D eigenvalue weighted by atomic mass is 32.2. The van der Waals surface area contributed by atoms with Gasteiger partial charge in [-0.15, -0.1) is 11.8 Å². The molecule has 0 saturated carbocycles. The highest BCUT2D eigenvalue weighted by molar-refractivity contribution is 7.99. The maximum atomic E-state index is 5.67. The molecule has 2 nitrogen and oxygen atoms in total. The molecule has 0 aromatic carbocycles. The first-order chi connectivity index (χ1) is 6.09. The number of aromatic nitrogens is 1. The maximum absolute atomic E-state index is 5.67. The summed E-state index contributed by atoms with van der Waals surface area (Å²) in [5, 5.41) is 1.07. The van der Waals surface area contributed by atoms with Gasteiger partial charge in [-0.05, 0) is 24.5 Å². The molecule has 1 rings (SSSR count). The van der Waals surface area contributed by atoms with Crippen molar-refractivity contribution >= 4 is 17.4 Å². The molecule has 13 heavy (non-hydrogen) atoms. The molecule has 0 radical (unpaired) electrons. The largest absolute Gasteiger partial charge is 0.397 e. The molecule has 0 atom stereocenters. The monoisotopic (exact) mass is 196 g/mol. The second kappa shape index (κ2) is 4.51. The van der Waals surface area contributed by atoms with Gasteiger partial charge in [0.15, 0.2) is 0 Å². The molecule has 0 aliphatic carbocycles. The summed E-state index contributed by atoms with van der Waals surface area (Å²) in [4.78, 5) is 4.25. The van der Waals surface area contributed by atoms with Crippen LogP contribution < -0.4 is 5.73 Å². The molecule has 0 fully saturated rings. The van der Waals surface area contributed by atoms with Crippen LogP contribution in [0.25, 0.3) is 0 Å². The Balaban J connectivity index is 2.63. The topological polar surface area (TPSA) is 38.9 Å². The van der Waals surface area contributed by atoms with Crippen LogP contribution >= 0.6 is 11.8 Å². The van der Waals surface area contributed by atoms with Gasteiger partial charge >= 0.3 is 0 Å². The van der Waals surface area contributed by atoms with Crippen LogP contribution in [-0.4, -0.2) is 10.7 Å². The molecule has 0 amide bonds. The van der Waals surface area contributed by atoms with E-state index in [2.05, 4.69) is 18.8 Å². The zero-order chi connectivity index (χ0) is 9.84. The van der Waals surface area contributed by atoms with Crippen molar-refractivity contribution in [1.82, 2.24) is 4.98 Å². The van der Waals surface area contributed by atoms with E-state index in [4.69, 9.17) is 5.73 Å². The van der Waals surface area contributed by atoms with Gasteiger partial charge in [-0.1, -0.05) is 13.8 Å². The van der Waals surface area contributed by atoms with E-state index in [1.165, 1.54) is 0 Å². The van der Waals surface area contributed by atoms with Gasteiger partial charge in [-0.25, -0.2) is 4.98 Å². The third kappa shape index (κ3) is 3.27. The van der Waals surface area contributed by atoms with Gasteiger partial charge in [-0.2, -0.15) is 0 Å². The summed E-state index contributed by atoms with van der Waals surface area (Å²) in [6.45, 7) is 6.42. The van der Waals surface area contributed by atoms with Crippen molar-refractivity contribution in [1.29, 1.82) is 0 Å².